The third kappa shape index (κ3) is 2.62. The predicted octanol–water partition coefficient (Wildman–Crippen LogP) is 2.85. The average molecular weight is 267 g/mol. The first kappa shape index (κ1) is 12.8. The molecular weight excluding hydrogens is 255 g/mol. The Kier molecular flexibility index (Phi) is 3.83. The van der Waals surface area contributed by atoms with Crippen molar-refractivity contribution in [1.29, 1.82) is 5.26 Å². The third-order valence-electron chi connectivity index (χ3n) is 3.13. The molecule has 0 bridgehead atoms. The molecule has 0 aromatic heterocycles. The fraction of sp³-hybridized carbons (Fsp3) is 0.385. The summed E-state index contributed by atoms with van der Waals surface area (Å²) in [6.45, 7) is 0.998. The largest absolute Gasteiger partial charge is 0.338 e. The van der Waals surface area contributed by atoms with Crippen molar-refractivity contribution in [1.82, 2.24) is 4.90 Å². The predicted molar refractivity (Wildman–Crippen MR) is 65.7 cm³/mol. The van der Waals surface area contributed by atoms with Crippen molar-refractivity contribution in [3.63, 3.8) is 0 Å². The molecule has 18 heavy (non-hydrogen) atoms. The summed E-state index contributed by atoms with van der Waals surface area (Å²) < 4.78 is 13.6. The van der Waals surface area contributed by atoms with Gasteiger partial charge in [-0.25, -0.2) is 4.39 Å². The van der Waals surface area contributed by atoms with Crippen molar-refractivity contribution in [2.75, 3.05) is 13.1 Å². The summed E-state index contributed by atoms with van der Waals surface area (Å²) in [5, 5.41) is 9.05. The number of nitrogens with zero attached hydrogens (tertiary/aromatic N) is 2. The van der Waals surface area contributed by atoms with Crippen LogP contribution in [0.4, 0.5) is 4.39 Å². The smallest absolute Gasteiger partial charge is 0.256 e. The van der Waals surface area contributed by atoms with E-state index in [1.807, 2.05) is 0 Å². The first-order chi connectivity index (χ1) is 8.61. The zero-order valence-corrected chi connectivity index (χ0v) is 10.5. The molecule has 0 unspecified atom stereocenters. The Morgan fingerprint density at radius 3 is 2.67 bits per heavy atom. The van der Waals surface area contributed by atoms with Crippen LogP contribution in [0.1, 0.15) is 23.2 Å². The van der Waals surface area contributed by atoms with Crippen LogP contribution in [0.5, 0.6) is 0 Å². The van der Waals surface area contributed by atoms with Crippen LogP contribution in [-0.2, 0) is 0 Å². The van der Waals surface area contributed by atoms with Crippen LogP contribution in [0.3, 0.4) is 0 Å². The van der Waals surface area contributed by atoms with E-state index in [-0.39, 0.29) is 22.4 Å². The van der Waals surface area contributed by atoms with Gasteiger partial charge in [-0.15, -0.1) is 0 Å². The highest BCUT2D eigenvalue weighted by Crippen LogP contribution is 2.21. The molecule has 94 valence electrons. The molecule has 3 nitrogen and oxygen atoms in total. The molecule has 1 amide bonds. The second kappa shape index (κ2) is 5.36. The van der Waals surface area contributed by atoms with Crippen LogP contribution >= 0.6 is 11.6 Å². The maximum absolute atomic E-state index is 13.6. The number of rotatable bonds is 1. The third-order valence-corrected chi connectivity index (χ3v) is 3.36. The molecule has 0 N–H and O–H groups in total. The van der Waals surface area contributed by atoms with Gasteiger partial charge in [-0.05, 0) is 31.0 Å². The van der Waals surface area contributed by atoms with Gasteiger partial charge in [0.05, 0.1) is 11.6 Å². The Bertz CT molecular complexity index is 504. The van der Waals surface area contributed by atoms with Crippen LogP contribution in [0.25, 0.3) is 0 Å². The maximum Gasteiger partial charge on any atom is 0.256 e. The van der Waals surface area contributed by atoms with E-state index in [0.29, 0.717) is 25.9 Å². The number of hydrogen-bond acceptors (Lipinski definition) is 2. The zero-order chi connectivity index (χ0) is 13.1. The molecule has 1 aromatic rings. The Labute approximate surface area is 110 Å². The Morgan fingerprint density at radius 1 is 1.44 bits per heavy atom. The topological polar surface area (TPSA) is 44.1 Å². The van der Waals surface area contributed by atoms with Crippen molar-refractivity contribution in [3.05, 3.63) is 34.6 Å². The number of piperidine rings is 1. The number of amides is 1. The molecular formula is C13H12ClFN2O. The lowest BCUT2D eigenvalue weighted by Gasteiger charge is -2.29. The van der Waals surface area contributed by atoms with Crippen LogP contribution < -0.4 is 0 Å². The Morgan fingerprint density at radius 2 is 2.11 bits per heavy atom. The van der Waals surface area contributed by atoms with Crippen LogP contribution in [0.2, 0.25) is 5.02 Å². The number of benzene rings is 1. The fourth-order valence-corrected chi connectivity index (χ4v) is 2.20. The minimum absolute atomic E-state index is 0.00381. The van der Waals surface area contributed by atoms with Gasteiger partial charge in [-0.2, -0.15) is 5.26 Å². The molecule has 1 heterocycles. The van der Waals surface area contributed by atoms with Gasteiger partial charge >= 0.3 is 0 Å². The lowest BCUT2D eigenvalue weighted by molar-refractivity contribution is 0.0702. The molecule has 1 fully saturated rings. The number of nitriles is 1. The standard InChI is InChI=1S/C13H12ClFN2O/c14-10-1-2-11(12(15)7-10)13(18)17-5-3-9(8-16)4-6-17/h1-2,7,9H,3-6H2. The van der Waals surface area contributed by atoms with Crippen molar-refractivity contribution in [2.24, 2.45) is 5.92 Å². The molecule has 0 aliphatic carbocycles. The monoisotopic (exact) mass is 266 g/mol. The molecule has 0 saturated carbocycles. The van der Waals surface area contributed by atoms with Gasteiger partial charge in [0.15, 0.2) is 0 Å². The van der Waals surface area contributed by atoms with Crippen molar-refractivity contribution in [3.8, 4) is 6.07 Å². The Hall–Kier alpha value is -1.60. The van der Waals surface area contributed by atoms with Gasteiger partial charge in [0.1, 0.15) is 5.82 Å². The summed E-state index contributed by atoms with van der Waals surface area (Å²) in [6, 6.07) is 6.23. The molecule has 2 rings (SSSR count). The normalized spacial score (nSPS) is 16.4. The highest BCUT2D eigenvalue weighted by molar-refractivity contribution is 6.30. The van der Waals surface area contributed by atoms with E-state index in [0.717, 1.165) is 6.07 Å². The lowest BCUT2D eigenvalue weighted by Crippen LogP contribution is -2.38. The maximum atomic E-state index is 13.6. The summed E-state index contributed by atoms with van der Waals surface area (Å²) in [7, 11) is 0. The molecule has 5 heteroatoms. The lowest BCUT2D eigenvalue weighted by atomic mass is 9.98. The van der Waals surface area contributed by atoms with E-state index in [1.54, 1.807) is 4.90 Å². The van der Waals surface area contributed by atoms with Gasteiger partial charge in [-0.3, -0.25) is 4.79 Å². The minimum atomic E-state index is -0.602. The van der Waals surface area contributed by atoms with Gasteiger partial charge in [0, 0.05) is 24.0 Å². The number of likely N-dealkylation sites (tertiary alicyclic amines) is 1. The van der Waals surface area contributed by atoms with E-state index in [1.165, 1.54) is 12.1 Å². The quantitative estimate of drug-likeness (QED) is 0.784. The molecule has 0 spiro atoms. The Balaban J connectivity index is 2.11. The summed E-state index contributed by atoms with van der Waals surface area (Å²) >= 11 is 5.64. The second-order valence-electron chi connectivity index (χ2n) is 4.32. The molecule has 0 radical (unpaired) electrons. The van der Waals surface area contributed by atoms with Gasteiger partial charge < -0.3 is 4.90 Å². The molecule has 1 aliphatic rings. The van der Waals surface area contributed by atoms with Crippen molar-refractivity contribution < 1.29 is 9.18 Å². The first-order valence-electron chi connectivity index (χ1n) is 5.75. The van der Waals surface area contributed by atoms with Gasteiger partial charge in [0.25, 0.3) is 5.91 Å². The SMILES string of the molecule is N#CC1CCN(C(=O)c2ccc(Cl)cc2F)CC1. The van der Waals surface area contributed by atoms with Crippen LogP contribution in [-0.4, -0.2) is 23.9 Å². The summed E-state index contributed by atoms with van der Waals surface area (Å²) in [4.78, 5) is 13.7. The van der Waals surface area contributed by atoms with Crippen LogP contribution in [0.15, 0.2) is 18.2 Å². The number of halogens is 2. The fourth-order valence-electron chi connectivity index (χ4n) is 2.04. The molecule has 1 aromatic carbocycles. The van der Waals surface area contributed by atoms with Crippen molar-refractivity contribution in [2.45, 2.75) is 12.8 Å². The van der Waals surface area contributed by atoms with E-state index in [2.05, 4.69) is 6.07 Å². The molecule has 0 atom stereocenters. The van der Waals surface area contributed by atoms with E-state index in [9.17, 15) is 9.18 Å². The minimum Gasteiger partial charge on any atom is -0.338 e. The van der Waals surface area contributed by atoms with Crippen molar-refractivity contribution >= 4 is 17.5 Å². The van der Waals surface area contributed by atoms with E-state index >= 15 is 0 Å². The highest BCUT2D eigenvalue weighted by Gasteiger charge is 2.25. The van der Waals surface area contributed by atoms with E-state index in [4.69, 9.17) is 16.9 Å². The zero-order valence-electron chi connectivity index (χ0n) is 9.70. The average Bonchev–Trinajstić information content (AvgIpc) is 2.38. The number of hydrogen-bond donors (Lipinski definition) is 0. The van der Waals surface area contributed by atoms with Gasteiger partial charge in [0.2, 0.25) is 0 Å². The highest BCUT2D eigenvalue weighted by atomic mass is 35.5. The first-order valence-corrected chi connectivity index (χ1v) is 6.13. The summed E-state index contributed by atoms with van der Waals surface area (Å²) in [5.74, 6) is -0.931. The summed E-state index contributed by atoms with van der Waals surface area (Å²) in [6.07, 6.45) is 1.30. The second-order valence-corrected chi connectivity index (χ2v) is 4.76. The number of carbonyl (C=O) groups is 1. The van der Waals surface area contributed by atoms with E-state index < -0.39 is 5.82 Å². The molecule has 1 saturated heterocycles. The van der Waals surface area contributed by atoms with Gasteiger partial charge in [-0.1, -0.05) is 11.6 Å². The molecule has 1 aliphatic heterocycles. The van der Waals surface area contributed by atoms with Crippen LogP contribution in [0, 0.1) is 23.1 Å². The number of carbonyl (C=O) groups excluding carboxylic acids is 1. The summed E-state index contributed by atoms with van der Waals surface area (Å²) in [5.41, 5.74) is 0.0369.